The maximum Gasteiger partial charge on any atom is 0.203 e. The Hall–Kier alpha value is -1.84. The molecule has 1 fully saturated rings. The molecule has 3 nitrogen and oxygen atoms in total. The third-order valence-corrected chi connectivity index (χ3v) is 4.22. The first-order valence-electron chi connectivity index (χ1n) is 7.77. The van der Waals surface area contributed by atoms with E-state index in [1.165, 1.54) is 38.2 Å². The summed E-state index contributed by atoms with van der Waals surface area (Å²) in [5, 5.41) is 3.30. The molecular formula is C17H22FN3. The third kappa shape index (κ3) is 3.26. The predicted octanol–water partition coefficient (Wildman–Crippen LogP) is 4.45. The van der Waals surface area contributed by atoms with Crippen LogP contribution in [0, 0.1) is 12.7 Å². The quantitative estimate of drug-likeness (QED) is 0.900. The summed E-state index contributed by atoms with van der Waals surface area (Å²) < 4.78 is 15.9. The van der Waals surface area contributed by atoms with Crippen molar-refractivity contribution in [1.29, 1.82) is 0 Å². The van der Waals surface area contributed by atoms with Crippen LogP contribution in [0.5, 0.6) is 0 Å². The maximum absolute atomic E-state index is 13.7. The van der Waals surface area contributed by atoms with Crippen molar-refractivity contribution in [3.8, 4) is 0 Å². The number of halogens is 1. The number of anilines is 1. The number of aromatic nitrogens is 2. The van der Waals surface area contributed by atoms with E-state index in [0.29, 0.717) is 18.2 Å². The van der Waals surface area contributed by atoms with Gasteiger partial charge in [0.05, 0.1) is 5.69 Å². The topological polar surface area (TPSA) is 29.9 Å². The lowest BCUT2D eigenvalue weighted by Gasteiger charge is -2.24. The van der Waals surface area contributed by atoms with Crippen LogP contribution < -0.4 is 5.32 Å². The minimum absolute atomic E-state index is 0.169. The normalized spacial score (nSPS) is 16.1. The first kappa shape index (κ1) is 14.1. The first-order valence-corrected chi connectivity index (χ1v) is 7.77. The van der Waals surface area contributed by atoms with E-state index >= 15 is 0 Å². The molecule has 21 heavy (non-hydrogen) atoms. The van der Waals surface area contributed by atoms with Crippen molar-refractivity contribution in [1.82, 2.24) is 9.55 Å². The molecule has 4 heteroatoms. The lowest BCUT2D eigenvalue weighted by molar-refractivity contribution is 0.355. The minimum atomic E-state index is -0.169. The van der Waals surface area contributed by atoms with Gasteiger partial charge in [-0.1, -0.05) is 37.5 Å². The van der Waals surface area contributed by atoms with Crippen LogP contribution in [0.15, 0.2) is 30.5 Å². The van der Waals surface area contributed by atoms with Crippen LogP contribution in [0.4, 0.5) is 10.3 Å². The largest absolute Gasteiger partial charge is 0.351 e. The zero-order valence-corrected chi connectivity index (χ0v) is 12.5. The van der Waals surface area contributed by atoms with Crippen LogP contribution in [0.1, 0.15) is 49.4 Å². The van der Waals surface area contributed by atoms with Crippen molar-refractivity contribution >= 4 is 5.95 Å². The molecule has 2 aromatic rings. The van der Waals surface area contributed by atoms with E-state index in [2.05, 4.69) is 21.1 Å². The molecule has 0 bridgehead atoms. The lowest BCUT2D eigenvalue weighted by atomic mass is 9.95. The van der Waals surface area contributed by atoms with Gasteiger partial charge < -0.3 is 9.88 Å². The molecular weight excluding hydrogens is 265 g/mol. The van der Waals surface area contributed by atoms with Gasteiger partial charge in [0.15, 0.2) is 0 Å². The minimum Gasteiger partial charge on any atom is -0.351 e. The molecule has 0 saturated heterocycles. The monoisotopic (exact) mass is 287 g/mol. The number of nitrogens with one attached hydrogen (secondary N) is 1. The predicted molar refractivity (Wildman–Crippen MR) is 82.8 cm³/mol. The van der Waals surface area contributed by atoms with Gasteiger partial charge in [-0.3, -0.25) is 0 Å². The number of benzene rings is 1. The Bertz CT molecular complexity index is 600. The fourth-order valence-corrected chi connectivity index (χ4v) is 3.10. The molecule has 3 rings (SSSR count). The van der Waals surface area contributed by atoms with E-state index in [1.807, 2.05) is 19.1 Å². The summed E-state index contributed by atoms with van der Waals surface area (Å²) >= 11 is 0. The molecule has 112 valence electrons. The second-order valence-corrected chi connectivity index (χ2v) is 5.85. The lowest BCUT2D eigenvalue weighted by Crippen LogP contribution is -2.15. The second-order valence-electron chi connectivity index (χ2n) is 5.85. The van der Waals surface area contributed by atoms with Gasteiger partial charge in [-0.05, 0) is 25.8 Å². The molecule has 1 aliphatic carbocycles. The van der Waals surface area contributed by atoms with E-state index in [0.717, 1.165) is 11.6 Å². The van der Waals surface area contributed by atoms with Gasteiger partial charge in [0.2, 0.25) is 5.95 Å². The number of rotatable bonds is 4. The van der Waals surface area contributed by atoms with E-state index in [9.17, 15) is 4.39 Å². The van der Waals surface area contributed by atoms with Crippen molar-refractivity contribution in [2.24, 2.45) is 0 Å². The van der Waals surface area contributed by atoms with Gasteiger partial charge in [0.25, 0.3) is 0 Å². The average Bonchev–Trinajstić information content (AvgIpc) is 2.88. The van der Waals surface area contributed by atoms with Crippen LogP contribution in [-0.4, -0.2) is 9.55 Å². The molecule has 1 aromatic carbocycles. The summed E-state index contributed by atoms with van der Waals surface area (Å²) in [6.07, 6.45) is 8.44. The third-order valence-electron chi connectivity index (χ3n) is 4.22. The molecule has 1 saturated carbocycles. The van der Waals surface area contributed by atoms with Crippen molar-refractivity contribution in [2.45, 2.75) is 51.6 Å². The smallest absolute Gasteiger partial charge is 0.203 e. The number of hydrogen-bond donors (Lipinski definition) is 1. The Balaban J connectivity index is 1.74. The number of nitrogens with zero attached hydrogens (tertiary/aromatic N) is 2. The molecule has 0 atom stereocenters. The van der Waals surface area contributed by atoms with Crippen molar-refractivity contribution in [3.05, 3.63) is 47.5 Å². The van der Waals surface area contributed by atoms with Crippen LogP contribution in [-0.2, 0) is 6.54 Å². The highest BCUT2D eigenvalue weighted by molar-refractivity contribution is 5.32. The van der Waals surface area contributed by atoms with Gasteiger partial charge >= 0.3 is 0 Å². The van der Waals surface area contributed by atoms with Crippen molar-refractivity contribution in [2.75, 3.05) is 5.32 Å². The van der Waals surface area contributed by atoms with Gasteiger partial charge in [0, 0.05) is 24.3 Å². The fraction of sp³-hybridized carbons (Fsp3) is 0.471. The summed E-state index contributed by atoms with van der Waals surface area (Å²) in [6, 6.07) is 7.41. The van der Waals surface area contributed by atoms with Crippen LogP contribution in [0.2, 0.25) is 0 Å². The molecule has 0 spiro atoms. The number of aryl methyl sites for hydroxylation is 1. The Kier molecular flexibility index (Phi) is 4.23. The molecule has 0 radical (unpaired) electrons. The SMILES string of the molecule is Cc1cn(C2CCCCC2)c(NCc2ccccc2F)n1. The van der Waals surface area contributed by atoms with Gasteiger partial charge in [-0.15, -0.1) is 0 Å². The van der Waals surface area contributed by atoms with E-state index in [4.69, 9.17) is 0 Å². The maximum atomic E-state index is 13.7. The molecule has 1 aliphatic rings. The van der Waals surface area contributed by atoms with Gasteiger partial charge in [-0.2, -0.15) is 0 Å². The highest BCUT2D eigenvalue weighted by Crippen LogP contribution is 2.30. The zero-order chi connectivity index (χ0) is 14.7. The summed E-state index contributed by atoms with van der Waals surface area (Å²) in [7, 11) is 0. The van der Waals surface area contributed by atoms with E-state index in [1.54, 1.807) is 6.07 Å². The van der Waals surface area contributed by atoms with E-state index < -0.39 is 0 Å². The van der Waals surface area contributed by atoms with Gasteiger partial charge in [0.1, 0.15) is 5.82 Å². The summed E-state index contributed by atoms with van der Waals surface area (Å²) in [4.78, 5) is 4.56. The summed E-state index contributed by atoms with van der Waals surface area (Å²) in [6.45, 7) is 2.48. The zero-order valence-electron chi connectivity index (χ0n) is 12.5. The molecule has 0 amide bonds. The first-order chi connectivity index (χ1) is 10.2. The Morgan fingerprint density at radius 1 is 1.24 bits per heavy atom. The average molecular weight is 287 g/mol. The standard InChI is InChI=1S/C17H22FN3/c1-13-12-21(15-8-3-2-4-9-15)17(20-13)19-11-14-7-5-6-10-16(14)18/h5-7,10,12,15H,2-4,8-9,11H2,1H3,(H,19,20). The molecule has 1 aromatic heterocycles. The van der Waals surface area contributed by atoms with Crippen molar-refractivity contribution < 1.29 is 4.39 Å². The molecule has 0 unspecified atom stereocenters. The summed E-state index contributed by atoms with van der Waals surface area (Å²) in [5.41, 5.74) is 1.69. The highest BCUT2D eigenvalue weighted by atomic mass is 19.1. The Morgan fingerprint density at radius 2 is 2.00 bits per heavy atom. The molecule has 1 heterocycles. The van der Waals surface area contributed by atoms with Crippen molar-refractivity contribution in [3.63, 3.8) is 0 Å². The number of imidazole rings is 1. The van der Waals surface area contributed by atoms with Crippen LogP contribution in [0.25, 0.3) is 0 Å². The van der Waals surface area contributed by atoms with E-state index in [-0.39, 0.29) is 5.82 Å². The molecule has 0 aliphatic heterocycles. The highest BCUT2D eigenvalue weighted by Gasteiger charge is 2.18. The summed E-state index contributed by atoms with van der Waals surface area (Å²) in [5.74, 6) is 0.695. The molecule has 1 N–H and O–H groups in total. The Labute approximate surface area is 125 Å². The fourth-order valence-electron chi connectivity index (χ4n) is 3.10. The van der Waals surface area contributed by atoms with Crippen LogP contribution >= 0.6 is 0 Å². The van der Waals surface area contributed by atoms with Crippen LogP contribution in [0.3, 0.4) is 0 Å². The number of hydrogen-bond acceptors (Lipinski definition) is 2. The van der Waals surface area contributed by atoms with Gasteiger partial charge in [-0.25, -0.2) is 9.37 Å². The second kappa shape index (κ2) is 6.29. The Morgan fingerprint density at radius 3 is 2.76 bits per heavy atom.